The molecule has 0 radical (unpaired) electrons. The van der Waals surface area contributed by atoms with Gasteiger partial charge in [0.1, 0.15) is 19.8 Å². The summed E-state index contributed by atoms with van der Waals surface area (Å²) in [4.78, 5) is 27.8. The van der Waals surface area contributed by atoms with E-state index in [1.807, 2.05) is 66.7 Å². The van der Waals surface area contributed by atoms with Crippen LogP contribution in [0, 0.1) is 5.92 Å². The number of nitrogens with one attached hydrogen (secondary N) is 1. The second-order valence-electron chi connectivity index (χ2n) is 10.6. The number of benzene rings is 3. The standard InChI is InChI=1S/C33H38N2O5/c1-2-17-35-18-9-14-27-19-28-26(20-29(27)35)15-16-30(38-22-24-10-5-3-6-11-24)32(28)40-33(37)34-21-31(36)39-23-25-12-7-4-8-13-25/h3-8,10-13,15-16,27,29H,2,9,14,17-23H2,1H3,(H,34,37)/t27-,29?/m1/s1. The van der Waals surface area contributed by atoms with Gasteiger partial charge in [0, 0.05) is 11.6 Å². The molecular weight excluding hydrogens is 504 g/mol. The number of hydrogen-bond acceptors (Lipinski definition) is 6. The molecule has 0 saturated carbocycles. The Labute approximate surface area is 236 Å². The summed E-state index contributed by atoms with van der Waals surface area (Å²) in [6, 6.07) is 23.9. The van der Waals surface area contributed by atoms with Crippen molar-refractivity contribution in [2.24, 2.45) is 5.92 Å². The highest BCUT2D eigenvalue weighted by Gasteiger charge is 2.37. The van der Waals surface area contributed by atoms with E-state index in [4.69, 9.17) is 14.2 Å². The normalized spacial score (nSPS) is 18.2. The van der Waals surface area contributed by atoms with Crippen molar-refractivity contribution in [3.63, 3.8) is 0 Å². The van der Waals surface area contributed by atoms with Crippen molar-refractivity contribution in [3.05, 3.63) is 95.1 Å². The number of nitrogens with zero attached hydrogens (tertiary/aromatic N) is 1. The Kier molecular flexibility index (Phi) is 9.34. The van der Waals surface area contributed by atoms with Gasteiger partial charge in [0.05, 0.1) is 0 Å². The molecule has 7 nitrogen and oxygen atoms in total. The van der Waals surface area contributed by atoms with Gasteiger partial charge in [0.15, 0.2) is 11.5 Å². The largest absolute Gasteiger partial charge is 0.485 e. The number of amides is 1. The second kappa shape index (κ2) is 13.5. The average molecular weight is 543 g/mol. The first kappa shape index (κ1) is 27.7. The van der Waals surface area contributed by atoms with Crippen molar-refractivity contribution in [2.75, 3.05) is 19.6 Å². The molecule has 1 unspecified atom stereocenters. The molecule has 3 aromatic rings. The molecule has 210 valence electrons. The highest BCUT2D eigenvalue weighted by Crippen LogP contribution is 2.43. The van der Waals surface area contributed by atoms with Crippen molar-refractivity contribution in [2.45, 2.75) is 58.3 Å². The second-order valence-corrected chi connectivity index (χ2v) is 10.6. The molecule has 2 aliphatic rings. The van der Waals surface area contributed by atoms with Crippen LogP contribution in [0.1, 0.15) is 48.4 Å². The van der Waals surface area contributed by atoms with Crippen LogP contribution in [0.3, 0.4) is 0 Å². The molecule has 1 aliphatic carbocycles. The minimum Gasteiger partial charge on any atom is -0.485 e. The monoisotopic (exact) mass is 542 g/mol. The number of fused-ring (bicyclic) bond motifs is 2. The third kappa shape index (κ3) is 7.02. The van der Waals surface area contributed by atoms with Crippen LogP contribution < -0.4 is 14.8 Å². The van der Waals surface area contributed by atoms with Gasteiger partial charge in [-0.3, -0.25) is 9.69 Å². The van der Waals surface area contributed by atoms with E-state index in [2.05, 4.69) is 23.2 Å². The Morgan fingerprint density at radius 2 is 1.65 bits per heavy atom. The highest BCUT2D eigenvalue weighted by atomic mass is 16.6. The lowest BCUT2D eigenvalue weighted by Gasteiger charge is -2.45. The van der Waals surface area contributed by atoms with Gasteiger partial charge in [-0.2, -0.15) is 0 Å². The lowest BCUT2D eigenvalue weighted by atomic mass is 9.75. The van der Waals surface area contributed by atoms with E-state index in [9.17, 15) is 9.59 Å². The summed E-state index contributed by atoms with van der Waals surface area (Å²) in [6.45, 7) is 4.73. The SMILES string of the molecule is CCCN1CCC[C@@H]2Cc3c(ccc(OCc4ccccc4)c3OC(=O)NCC(=O)OCc3ccccc3)CC21. The fourth-order valence-corrected chi connectivity index (χ4v) is 5.88. The maximum Gasteiger partial charge on any atom is 0.413 e. The Hall–Kier alpha value is -3.84. The molecule has 5 rings (SSSR count). The van der Waals surface area contributed by atoms with Gasteiger partial charge in [-0.15, -0.1) is 0 Å². The molecule has 0 spiro atoms. The zero-order chi connectivity index (χ0) is 27.7. The van der Waals surface area contributed by atoms with Crippen LogP contribution in [-0.4, -0.2) is 42.6 Å². The zero-order valence-corrected chi connectivity index (χ0v) is 23.1. The van der Waals surface area contributed by atoms with Crippen LogP contribution >= 0.6 is 0 Å². The van der Waals surface area contributed by atoms with E-state index >= 15 is 0 Å². The van der Waals surface area contributed by atoms with Gasteiger partial charge < -0.3 is 19.5 Å². The van der Waals surface area contributed by atoms with Gasteiger partial charge in [-0.25, -0.2) is 4.79 Å². The molecule has 1 saturated heterocycles. The number of carbonyl (C=O) groups excluding carboxylic acids is 2. The number of rotatable bonds is 10. The lowest BCUT2D eigenvalue weighted by Crippen LogP contribution is -2.49. The first-order valence-electron chi connectivity index (χ1n) is 14.3. The van der Waals surface area contributed by atoms with E-state index in [0.29, 0.717) is 30.1 Å². The maximum atomic E-state index is 12.9. The number of carbonyl (C=O) groups is 2. The molecule has 1 amide bonds. The molecule has 0 bridgehead atoms. The molecule has 1 fully saturated rings. The molecule has 0 aromatic heterocycles. The van der Waals surface area contributed by atoms with Crippen LogP contribution in [-0.2, 0) is 35.6 Å². The van der Waals surface area contributed by atoms with Gasteiger partial charge >= 0.3 is 12.1 Å². The van der Waals surface area contributed by atoms with E-state index in [1.165, 1.54) is 12.0 Å². The van der Waals surface area contributed by atoms with E-state index in [0.717, 1.165) is 55.5 Å². The van der Waals surface area contributed by atoms with E-state index < -0.39 is 12.1 Å². The summed E-state index contributed by atoms with van der Waals surface area (Å²) in [7, 11) is 0. The average Bonchev–Trinajstić information content (AvgIpc) is 2.99. The first-order chi connectivity index (χ1) is 19.6. The summed E-state index contributed by atoms with van der Waals surface area (Å²) in [5.74, 6) is 0.965. The fraction of sp³-hybridized carbons (Fsp3) is 0.394. The van der Waals surface area contributed by atoms with Crippen LogP contribution in [0.5, 0.6) is 11.5 Å². The Morgan fingerprint density at radius 1 is 0.925 bits per heavy atom. The Bertz CT molecular complexity index is 1280. The molecule has 3 aromatic carbocycles. The van der Waals surface area contributed by atoms with Gasteiger partial charge in [-0.05, 0) is 73.9 Å². The predicted octanol–water partition coefficient (Wildman–Crippen LogP) is 5.69. The van der Waals surface area contributed by atoms with Crippen molar-refractivity contribution in [1.82, 2.24) is 10.2 Å². The zero-order valence-electron chi connectivity index (χ0n) is 23.1. The molecular formula is C33H38N2O5. The third-order valence-corrected chi connectivity index (χ3v) is 7.81. The number of piperidine rings is 1. The van der Waals surface area contributed by atoms with E-state index in [1.54, 1.807) is 0 Å². The van der Waals surface area contributed by atoms with Crippen molar-refractivity contribution in [1.29, 1.82) is 0 Å². The smallest absolute Gasteiger partial charge is 0.413 e. The quantitative estimate of drug-likeness (QED) is 0.332. The highest BCUT2D eigenvalue weighted by molar-refractivity contribution is 5.79. The third-order valence-electron chi connectivity index (χ3n) is 7.81. The number of likely N-dealkylation sites (tertiary alicyclic amines) is 1. The van der Waals surface area contributed by atoms with Gasteiger partial charge in [-0.1, -0.05) is 73.7 Å². The minimum absolute atomic E-state index is 0.150. The predicted molar refractivity (Wildman–Crippen MR) is 153 cm³/mol. The van der Waals surface area contributed by atoms with E-state index in [-0.39, 0.29) is 13.2 Å². The molecule has 7 heteroatoms. The molecule has 1 N–H and O–H groups in total. The lowest BCUT2D eigenvalue weighted by molar-refractivity contribution is -0.143. The number of hydrogen-bond donors (Lipinski definition) is 1. The summed E-state index contributed by atoms with van der Waals surface area (Å²) < 4.78 is 17.4. The molecule has 40 heavy (non-hydrogen) atoms. The molecule has 1 heterocycles. The molecule has 1 aliphatic heterocycles. The maximum absolute atomic E-state index is 12.9. The summed E-state index contributed by atoms with van der Waals surface area (Å²) in [5, 5.41) is 2.56. The van der Waals surface area contributed by atoms with Crippen LogP contribution in [0.15, 0.2) is 72.8 Å². The van der Waals surface area contributed by atoms with Gasteiger partial charge in [0.2, 0.25) is 0 Å². The van der Waals surface area contributed by atoms with Gasteiger partial charge in [0.25, 0.3) is 0 Å². The number of esters is 1. The van der Waals surface area contributed by atoms with Crippen LogP contribution in [0.25, 0.3) is 0 Å². The summed E-state index contributed by atoms with van der Waals surface area (Å²) in [5.41, 5.74) is 4.14. The minimum atomic E-state index is -0.701. The summed E-state index contributed by atoms with van der Waals surface area (Å²) >= 11 is 0. The Morgan fingerprint density at radius 3 is 2.38 bits per heavy atom. The summed E-state index contributed by atoms with van der Waals surface area (Å²) in [6.07, 6.45) is 4.56. The van der Waals surface area contributed by atoms with Crippen LogP contribution in [0.4, 0.5) is 4.79 Å². The molecule has 2 atom stereocenters. The van der Waals surface area contributed by atoms with Crippen molar-refractivity contribution >= 4 is 12.1 Å². The topological polar surface area (TPSA) is 77.1 Å². The fourth-order valence-electron chi connectivity index (χ4n) is 5.88. The van der Waals surface area contributed by atoms with Crippen LogP contribution in [0.2, 0.25) is 0 Å². The number of ether oxygens (including phenoxy) is 3. The van der Waals surface area contributed by atoms with Crippen molar-refractivity contribution in [3.8, 4) is 11.5 Å². The Balaban J connectivity index is 1.29. The first-order valence-corrected chi connectivity index (χ1v) is 14.3. The van der Waals surface area contributed by atoms with Crippen molar-refractivity contribution < 1.29 is 23.8 Å².